The molecule has 0 unspecified atom stereocenters. The van der Waals surface area contributed by atoms with Crippen molar-refractivity contribution in [3.63, 3.8) is 0 Å². The molecule has 4 aromatic rings. The molecule has 2 heterocycles. The maximum Gasteiger partial charge on any atom is 0.247 e. The molecule has 0 spiro atoms. The number of hydrogen-bond donors (Lipinski definition) is 1. The van der Waals surface area contributed by atoms with Gasteiger partial charge in [0.25, 0.3) is 0 Å². The van der Waals surface area contributed by atoms with Gasteiger partial charge in [-0.05, 0) is 60.4 Å². The number of hydrogen-bond acceptors (Lipinski definition) is 6. The second kappa shape index (κ2) is 12.0. The number of ether oxygens (including phenoxy) is 2. The lowest BCUT2D eigenvalue weighted by atomic mass is 10.0. The molecule has 1 aliphatic heterocycles. The zero-order valence-electron chi connectivity index (χ0n) is 21.6. The number of methoxy groups -OCH3 is 1. The molecule has 0 saturated carbocycles. The number of nitrogens with zero attached hydrogens (tertiary/aromatic N) is 4. The van der Waals surface area contributed by atoms with E-state index in [0.29, 0.717) is 41.1 Å². The van der Waals surface area contributed by atoms with Gasteiger partial charge in [-0.2, -0.15) is 0 Å². The van der Waals surface area contributed by atoms with Crippen molar-refractivity contribution in [3.05, 3.63) is 89.7 Å². The van der Waals surface area contributed by atoms with Crippen LogP contribution in [0.4, 0.5) is 4.39 Å². The Morgan fingerprint density at radius 2 is 1.97 bits per heavy atom. The topological polar surface area (TPSA) is 98.6 Å². The number of fused-ring (bicyclic) bond motifs is 1. The van der Waals surface area contributed by atoms with Gasteiger partial charge in [0, 0.05) is 19.7 Å². The molecule has 2 amide bonds. The summed E-state index contributed by atoms with van der Waals surface area (Å²) in [5.74, 6) is -0.530. The molecule has 1 N–H and O–H groups in total. The average Bonchev–Trinajstić information content (AvgIpc) is 3.63. The summed E-state index contributed by atoms with van der Waals surface area (Å²) in [7, 11) is 1.54. The molecule has 3 aromatic carbocycles. The van der Waals surface area contributed by atoms with Crippen LogP contribution in [0.15, 0.2) is 72.8 Å². The first-order chi connectivity index (χ1) is 19.0. The lowest BCUT2D eigenvalue weighted by molar-refractivity contribution is -0.142. The van der Waals surface area contributed by atoms with Gasteiger partial charge in [-0.3, -0.25) is 9.59 Å². The van der Waals surface area contributed by atoms with Gasteiger partial charge in [0.15, 0.2) is 0 Å². The van der Waals surface area contributed by atoms with E-state index in [9.17, 15) is 14.0 Å². The fourth-order valence-corrected chi connectivity index (χ4v) is 4.76. The van der Waals surface area contributed by atoms with E-state index in [4.69, 9.17) is 9.47 Å². The summed E-state index contributed by atoms with van der Waals surface area (Å²) in [6.45, 7) is 0.939. The van der Waals surface area contributed by atoms with Crippen LogP contribution in [0.25, 0.3) is 11.0 Å². The number of benzene rings is 3. The minimum atomic E-state index is -0.992. The molecule has 0 aliphatic carbocycles. The third kappa shape index (κ3) is 6.23. The zero-order chi connectivity index (χ0) is 27.2. The maximum absolute atomic E-state index is 14.0. The van der Waals surface area contributed by atoms with Crippen LogP contribution in [-0.4, -0.2) is 58.1 Å². The molecule has 39 heavy (non-hydrogen) atoms. The minimum Gasteiger partial charge on any atom is -0.497 e. The van der Waals surface area contributed by atoms with Crippen LogP contribution in [0.5, 0.6) is 5.75 Å². The standard InChI is InChI=1S/C29H30FN5O4/c1-38-23-7-4-6-21(16-23)28(29(37)31-17-24-8-5-15-39-24)34(18-20-11-13-22(30)14-12-20)27(36)19-35-26-10-3-2-9-25(26)32-33-35/h2-4,6-7,9-14,16,24,28H,5,8,15,17-19H2,1H3,(H,31,37)/t24-,28-/m0/s1. The summed E-state index contributed by atoms with van der Waals surface area (Å²) in [6.07, 6.45) is 1.74. The Kier molecular flexibility index (Phi) is 8.12. The highest BCUT2D eigenvalue weighted by molar-refractivity contribution is 5.89. The molecular weight excluding hydrogens is 501 g/mol. The number of nitrogens with one attached hydrogen (secondary N) is 1. The van der Waals surface area contributed by atoms with E-state index in [-0.39, 0.29) is 36.8 Å². The predicted molar refractivity (Wildman–Crippen MR) is 142 cm³/mol. The van der Waals surface area contributed by atoms with Crippen LogP contribution in [0.1, 0.15) is 30.0 Å². The lowest BCUT2D eigenvalue weighted by Crippen LogP contribution is -2.46. The zero-order valence-corrected chi connectivity index (χ0v) is 21.6. The van der Waals surface area contributed by atoms with Crippen LogP contribution < -0.4 is 10.1 Å². The molecule has 1 aromatic heterocycles. The summed E-state index contributed by atoms with van der Waals surface area (Å²) >= 11 is 0. The van der Waals surface area contributed by atoms with Crippen molar-refractivity contribution < 1.29 is 23.5 Å². The summed E-state index contributed by atoms with van der Waals surface area (Å²) in [6, 6.07) is 19.3. The largest absolute Gasteiger partial charge is 0.497 e. The molecule has 1 fully saturated rings. The van der Waals surface area contributed by atoms with E-state index < -0.39 is 6.04 Å². The van der Waals surface area contributed by atoms with Gasteiger partial charge in [-0.1, -0.05) is 41.6 Å². The van der Waals surface area contributed by atoms with Crippen LogP contribution >= 0.6 is 0 Å². The van der Waals surface area contributed by atoms with Crippen molar-refractivity contribution in [1.29, 1.82) is 0 Å². The van der Waals surface area contributed by atoms with Crippen LogP contribution in [0.3, 0.4) is 0 Å². The van der Waals surface area contributed by atoms with E-state index >= 15 is 0 Å². The molecule has 0 bridgehead atoms. The van der Waals surface area contributed by atoms with Crippen LogP contribution in [0.2, 0.25) is 0 Å². The second-order valence-electron chi connectivity index (χ2n) is 9.44. The Morgan fingerprint density at radius 1 is 1.15 bits per heavy atom. The summed E-state index contributed by atoms with van der Waals surface area (Å²) in [5, 5.41) is 11.3. The van der Waals surface area contributed by atoms with Crippen molar-refractivity contribution in [2.45, 2.75) is 38.1 Å². The van der Waals surface area contributed by atoms with E-state index in [0.717, 1.165) is 12.8 Å². The van der Waals surface area contributed by atoms with Crippen molar-refractivity contribution >= 4 is 22.8 Å². The fourth-order valence-electron chi connectivity index (χ4n) is 4.76. The smallest absolute Gasteiger partial charge is 0.247 e. The highest BCUT2D eigenvalue weighted by Crippen LogP contribution is 2.28. The molecule has 5 rings (SSSR count). The van der Waals surface area contributed by atoms with E-state index in [2.05, 4.69) is 15.6 Å². The average molecular weight is 532 g/mol. The third-order valence-corrected chi connectivity index (χ3v) is 6.79. The first-order valence-electron chi connectivity index (χ1n) is 12.9. The molecule has 0 radical (unpaired) electrons. The maximum atomic E-state index is 14.0. The fraction of sp³-hybridized carbons (Fsp3) is 0.310. The van der Waals surface area contributed by atoms with Gasteiger partial charge in [0.1, 0.15) is 29.7 Å². The van der Waals surface area contributed by atoms with E-state index in [1.54, 1.807) is 43.5 Å². The number of halogens is 1. The summed E-state index contributed by atoms with van der Waals surface area (Å²) in [5.41, 5.74) is 2.62. The molecule has 2 atom stereocenters. The van der Waals surface area contributed by atoms with Crippen molar-refractivity contribution in [1.82, 2.24) is 25.2 Å². The summed E-state index contributed by atoms with van der Waals surface area (Å²) in [4.78, 5) is 29.3. The number of amides is 2. The lowest BCUT2D eigenvalue weighted by Gasteiger charge is -2.32. The molecule has 202 valence electrons. The molecule has 1 aliphatic rings. The Bertz CT molecular complexity index is 1440. The number of rotatable bonds is 10. The highest BCUT2D eigenvalue weighted by Gasteiger charge is 2.33. The van der Waals surface area contributed by atoms with E-state index in [1.165, 1.54) is 21.7 Å². The Morgan fingerprint density at radius 3 is 2.74 bits per heavy atom. The third-order valence-electron chi connectivity index (χ3n) is 6.79. The van der Waals surface area contributed by atoms with Crippen molar-refractivity contribution in [2.24, 2.45) is 0 Å². The number of carbonyl (C=O) groups is 2. The van der Waals surface area contributed by atoms with E-state index in [1.807, 2.05) is 24.3 Å². The monoisotopic (exact) mass is 531 g/mol. The van der Waals surface area contributed by atoms with Crippen LogP contribution in [0, 0.1) is 5.82 Å². The number of carbonyl (C=O) groups excluding carboxylic acids is 2. The normalized spacial score (nSPS) is 15.7. The van der Waals surface area contributed by atoms with Crippen molar-refractivity contribution in [3.8, 4) is 5.75 Å². The quantitative estimate of drug-likeness (QED) is 0.336. The summed E-state index contributed by atoms with van der Waals surface area (Å²) < 4.78 is 26.3. The van der Waals surface area contributed by atoms with Gasteiger partial charge < -0.3 is 19.7 Å². The van der Waals surface area contributed by atoms with Crippen LogP contribution in [-0.2, 0) is 27.4 Å². The van der Waals surface area contributed by atoms with Gasteiger partial charge >= 0.3 is 0 Å². The molecule has 9 nitrogen and oxygen atoms in total. The highest BCUT2D eigenvalue weighted by atomic mass is 19.1. The Hall–Kier alpha value is -4.31. The molecule has 10 heteroatoms. The van der Waals surface area contributed by atoms with Crippen molar-refractivity contribution in [2.75, 3.05) is 20.3 Å². The van der Waals surface area contributed by atoms with Gasteiger partial charge in [-0.15, -0.1) is 5.10 Å². The molecule has 1 saturated heterocycles. The van der Waals surface area contributed by atoms with Gasteiger partial charge in [0.05, 0.1) is 18.7 Å². The minimum absolute atomic E-state index is 0.0670. The second-order valence-corrected chi connectivity index (χ2v) is 9.44. The first kappa shape index (κ1) is 26.3. The van der Waals surface area contributed by atoms with Gasteiger partial charge in [-0.25, -0.2) is 9.07 Å². The first-order valence-corrected chi connectivity index (χ1v) is 12.9. The SMILES string of the molecule is COc1cccc([C@@H](C(=O)NC[C@@H]2CCCO2)N(Cc2ccc(F)cc2)C(=O)Cn2nnc3ccccc32)c1. The predicted octanol–water partition coefficient (Wildman–Crippen LogP) is 3.64. The van der Waals surface area contributed by atoms with Gasteiger partial charge in [0.2, 0.25) is 11.8 Å². The number of para-hydroxylation sites is 1. The Balaban J connectivity index is 1.51. The number of aromatic nitrogens is 3. The molecular formula is C29H30FN5O4. The Labute approximate surface area is 225 Å².